The number of para-hydroxylation sites is 4. The van der Waals surface area contributed by atoms with Crippen LogP contribution in [0.25, 0.3) is 143 Å². The van der Waals surface area contributed by atoms with Crippen molar-refractivity contribution in [2.24, 2.45) is 0 Å². The van der Waals surface area contributed by atoms with E-state index in [1.54, 1.807) is 57.7 Å². The van der Waals surface area contributed by atoms with E-state index in [1.807, 2.05) is 121 Å². The van der Waals surface area contributed by atoms with Crippen LogP contribution in [0.4, 0.5) is 34.1 Å². The van der Waals surface area contributed by atoms with Gasteiger partial charge in [-0.05, 0) is 170 Å². The van der Waals surface area contributed by atoms with Crippen LogP contribution in [0.15, 0.2) is 336 Å². The van der Waals surface area contributed by atoms with Gasteiger partial charge in [-0.2, -0.15) is 0 Å². The van der Waals surface area contributed by atoms with Gasteiger partial charge in [0.2, 0.25) is 0 Å². The first-order valence-electron chi connectivity index (χ1n) is 40.9. The second-order valence-electron chi connectivity index (χ2n) is 27.2. The fourth-order valence-electron chi connectivity index (χ4n) is 15.9. The summed E-state index contributed by atoms with van der Waals surface area (Å²) >= 11 is 0. The van der Waals surface area contributed by atoms with Crippen molar-refractivity contribution in [3.63, 3.8) is 0 Å². The molecular weight excluding hydrogens is 1230 g/mol. The smallest absolute Gasteiger partial charge is 0.252 e. The van der Waals surface area contributed by atoms with Gasteiger partial charge >= 0.3 is 0 Å². The lowest BCUT2D eigenvalue weighted by molar-refractivity contribution is 0.590. The maximum atomic E-state index is 10.2. The fourth-order valence-corrected chi connectivity index (χ4v) is 15.9. The number of anilines is 6. The van der Waals surface area contributed by atoms with Gasteiger partial charge in [0.25, 0.3) is 6.71 Å². The van der Waals surface area contributed by atoms with Gasteiger partial charge in [0.05, 0.1) is 63.4 Å². The van der Waals surface area contributed by atoms with E-state index in [0.29, 0.717) is 67.6 Å². The predicted octanol–water partition coefficient (Wildman–Crippen LogP) is 23.7. The SMILES string of the molecule is [2H]c1c([2H])c([2H])c2c(c1[2H])c1c([2H])c(-c3ccccc3)c([2H])c([2H])c1n2-c1ccc2c(c1)N(c1ccc(-c3ccccc3)c3oc4ccccc4c13)c1cc(C(C)(C)C)cc3c1B2c1ccc(-n2c4c([2H])c([2H])c([2H])c([2H])c4c4c([2H])c(-c5ccccc5)c([2H])c([2H])c42)cc1N3c1ccc(-c2ccccc2)c2oc3ccccc3c12. The standard InChI is InChI=1S/C94H63BN4O2/c1-94(2,3)64-54-85-91-86(55-64)99(82-51-45-68(61-30-14-7-15-31-61)93-90(82)72-35-19-23-39-88(72)101-93)84-57-66(97-78-37-21-17-33-70(78)74-53-63(41-49-80(74)97)59-26-10-5-11-27-59)43-47-76(84)95(91)75-46-42-65(96-77-36-20-16-32-69(77)73-52-62(40-48-79(73)96)58-24-8-4-9-25-58)56-83(75)98(85)81-50-44-67(60-28-12-6-13-29-60)92-89(81)71-34-18-22-38-87(71)100-92/h4-57H,1-3H3/i16D,17D,20D,21D,32D,33D,36D,37D,40D,41D,48D,49D,52D,53D. The molecule has 6 heterocycles. The summed E-state index contributed by atoms with van der Waals surface area (Å²) in [6.07, 6.45) is 0. The summed E-state index contributed by atoms with van der Waals surface area (Å²) in [5, 5.41) is 3.45. The van der Waals surface area contributed by atoms with E-state index in [2.05, 4.69) is 103 Å². The van der Waals surface area contributed by atoms with Crippen molar-refractivity contribution < 1.29 is 28.0 Å². The summed E-state index contributed by atoms with van der Waals surface area (Å²) in [5.41, 5.74) is 15.0. The highest BCUT2D eigenvalue weighted by molar-refractivity contribution is 7.00. The zero-order valence-electron chi connectivity index (χ0n) is 68.8. The normalized spacial score (nSPS) is 14.8. The molecule has 0 fully saturated rings. The quantitative estimate of drug-likeness (QED) is 0.142. The number of rotatable bonds is 8. The molecule has 2 aliphatic heterocycles. The fraction of sp³-hybridized carbons (Fsp3) is 0.0426. The van der Waals surface area contributed by atoms with Crippen LogP contribution in [-0.4, -0.2) is 15.8 Å². The third-order valence-electron chi connectivity index (χ3n) is 20.5. The van der Waals surface area contributed by atoms with Crippen molar-refractivity contribution >= 4 is 145 Å². The summed E-state index contributed by atoms with van der Waals surface area (Å²) < 4.78 is 154. The molecule has 21 rings (SSSR count). The Morgan fingerprint density at radius 3 is 1.16 bits per heavy atom. The van der Waals surface area contributed by atoms with Crippen LogP contribution >= 0.6 is 0 Å². The number of hydrogen-bond donors (Lipinski definition) is 0. The highest BCUT2D eigenvalue weighted by atomic mass is 16.3. The molecule has 7 heteroatoms. The van der Waals surface area contributed by atoms with Gasteiger partial charge in [0.1, 0.15) is 22.3 Å². The molecule has 0 unspecified atom stereocenters. The van der Waals surface area contributed by atoms with Gasteiger partial charge in [0, 0.05) is 77.6 Å². The Bertz CT molecular complexity index is 7090. The third kappa shape index (κ3) is 8.60. The molecule has 0 atom stereocenters. The molecule has 101 heavy (non-hydrogen) atoms. The summed E-state index contributed by atoms with van der Waals surface area (Å²) in [6.45, 7) is 5.79. The average Bonchev–Trinajstić information content (AvgIpc) is 1.41. The number of benzene rings is 15. The van der Waals surface area contributed by atoms with Crippen LogP contribution in [0, 0.1) is 0 Å². The van der Waals surface area contributed by atoms with Crippen LogP contribution < -0.4 is 26.2 Å². The van der Waals surface area contributed by atoms with Crippen molar-refractivity contribution in [3.05, 3.63) is 333 Å². The molecule has 0 bridgehead atoms. The van der Waals surface area contributed by atoms with Crippen LogP contribution in [-0.2, 0) is 5.41 Å². The van der Waals surface area contributed by atoms with Gasteiger partial charge in [0.15, 0.2) is 0 Å². The lowest BCUT2D eigenvalue weighted by Gasteiger charge is -2.45. The third-order valence-corrected chi connectivity index (χ3v) is 20.5. The number of fused-ring (bicyclic) bond motifs is 16. The monoisotopic (exact) mass is 1300 g/mol. The van der Waals surface area contributed by atoms with Gasteiger partial charge in [-0.25, -0.2) is 0 Å². The molecule has 0 amide bonds. The van der Waals surface area contributed by atoms with E-state index >= 15 is 0 Å². The second-order valence-corrected chi connectivity index (χ2v) is 27.2. The molecule has 474 valence electrons. The van der Waals surface area contributed by atoms with E-state index in [1.165, 1.54) is 0 Å². The maximum Gasteiger partial charge on any atom is 0.252 e. The van der Waals surface area contributed by atoms with Crippen molar-refractivity contribution in [1.29, 1.82) is 0 Å². The van der Waals surface area contributed by atoms with Crippen LogP contribution in [0.1, 0.15) is 45.5 Å². The van der Waals surface area contributed by atoms with Crippen LogP contribution in [0.5, 0.6) is 0 Å². The van der Waals surface area contributed by atoms with E-state index in [4.69, 9.17) is 8.83 Å². The summed E-state index contributed by atoms with van der Waals surface area (Å²) in [6, 6.07) is 73.6. The van der Waals surface area contributed by atoms with E-state index in [9.17, 15) is 19.2 Å². The summed E-state index contributed by atoms with van der Waals surface area (Å²) in [7, 11) is 0. The molecule has 0 saturated heterocycles. The summed E-state index contributed by atoms with van der Waals surface area (Å²) in [5.74, 6) is 0. The van der Waals surface area contributed by atoms with Gasteiger partial charge in [-0.3, -0.25) is 0 Å². The molecular formula is C94H63BN4O2. The topological polar surface area (TPSA) is 42.6 Å². The minimum Gasteiger partial charge on any atom is -0.455 e. The molecule has 0 radical (unpaired) electrons. The van der Waals surface area contributed by atoms with Crippen molar-refractivity contribution in [2.75, 3.05) is 9.80 Å². The van der Waals surface area contributed by atoms with Crippen molar-refractivity contribution in [2.45, 2.75) is 26.2 Å². The van der Waals surface area contributed by atoms with Crippen LogP contribution in [0.2, 0.25) is 0 Å². The predicted molar refractivity (Wildman–Crippen MR) is 424 cm³/mol. The van der Waals surface area contributed by atoms with Crippen molar-refractivity contribution in [1.82, 2.24) is 9.13 Å². The Morgan fingerprint density at radius 1 is 0.327 bits per heavy atom. The molecule has 19 aromatic rings. The molecule has 0 spiro atoms. The van der Waals surface area contributed by atoms with Gasteiger partial charge in [-0.15, -0.1) is 0 Å². The molecule has 15 aromatic carbocycles. The number of nitrogens with zero attached hydrogens (tertiary/aromatic N) is 4. The first-order valence-corrected chi connectivity index (χ1v) is 33.9. The molecule has 0 saturated carbocycles. The highest BCUT2D eigenvalue weighted by Crippen LogP contribution is 2.54. The van der Waals surface area contributed by atoms with Crippen LogP contribution in [0.3, 0.4) is 0 Å². The highest BCUT2D eigenvalue weighted by Gasteiger charge is 2.46. The Balaban J connectivity index is 0.932. The molecule has 0 aliphatic carbocycles. The van der Waals surface area contributed by atoms with Crippen molar-refractivity contribution in [3.8, 4) is 55.9 Å². The molecule has 0 N–H and O–H groups in total. The second kappa shape index (κ2) is 21.8. The number of furan rings is 2. The number of aromatic nitrogens is 2. The average molecular weight is 1310 g/mol. The zero-order chi connectivity index (χ0) is 79.0. The van der Waals surface area contributed by atoms with Gasteiger partial charge in [-0.1, -0.05) is 239 Å². The lowest BCUT2D eigenvalue weighted by Crippen LogP contribution is -2.61. The number of hydrogen-bond acceptors (Lipinski definition) is 4. The van der Waals surface area contributed by atoms with E-state index < -0.39 is 60.5 Å². The zero-order valence-corrected chi connectivity index (χ0v) is 54.8. The first-order chi connectivity index (χ1) is 55.6. The largest absolute Gasteiger partial charge is 0.455 e. The Kier molecular flexibility index (Phi) is 9.70. The molecule has 6 nitrogen and oxygen atoms in total. The van der Waals surface area contributed by atoms with E-state index in [-0.39, 0.29) is 91.0 Å². The Morgan fingerprint density at radius 2 is 0.723 bits per heavy atom. The van der Waals surface area contributed by atoms with Gasteiger partial charge < -0.3 is 27.8 Å². The minimum absolute atomic E-state index is 0.0164. The Labute approximate surface area is 603 Å². The Hall–Kier alpha value is -12.8. The lowest BCUT2D eigenvalue weighted by atomic mass is 9.33. The van der Waals surface area contributed by atoms with E-state index in [0.717, 1.165) is 77.1 Å². The minimum atomic E-state index is -0.717. The summed E-state index contributed by atoms with van der Waals surface area (Å²) in [4.78, 5) is 4.54. The maximum absolute atomic E-state index is 10.2. The molecule has 4 aromatic heterocycles. The molecule has 2 aliphatic rings. The first kappa shape index (κ1) is 44.9.